The number of phenols is 1. The average Bonchev–Trinajstić information content (AvgIpc) is 2.30. The van der Waals surface area contributed by atoms with Gasteiger partial charge in [-0.3, -0.25) is 4.79 Å². The van der Waals surface area contributed by atoms with E-state index in [1.807, 2.05) is 0 Å². The van der Waals surface area contributed by atoms with Crippen LogP contribution in [0.4, 0.5) is 0 Å². The van der Waals surface area contributed by atoms with Gasteiger partial charge in [-0.25, -0.2) is 0 Å². The number of aromatic hydroxyl groups is 1. The number of hydrogen-bond acceptors (Lipinski definition) is 3. The van der Waals surface area contributed by atoms with Crippen LogP contribution in [0, 0.1) is 12.3 Å². The zero-order valence-corrected chi connectivity index (χ0v) is 11.3. The van der Waals surface area contributed by atoms with E-state index in [4.69, 9.17) is 5.73 Å². The lowest BCUT2D eigenvalue weighted by atomic mass is 9.89. The van der Waals surface area contributed by atoms with Crippen LogP contribution in [0.5, 0.6) is 5.75 Å². The van der Waals surface area contributed by atoms with Crippen LogP contribution in [-0.2, 0) is 0 Å². The molecule has 1 aromatic rings. The normalized spacial score (nSPS) is 11.3. The summed E-state index contributed by atoms with van der Waals surface area (Å²) >= 11 is 0. The first-order valence-electron chi connectivity index (χ1n) is 6.14. The van der Waals surface area contributed by atoms with Gasteiger partial charge in [0.15, 0.2) is 0 Å². The molecule has 0 heterocycles. The number of nitrogens with two attached hydrogens (primary N) is 1. The maximum absolute atomic E-state index is 12.0. The van der Waals surface area contributed by atoms with E-state index in [9.17, 15) is 9.90 Å². The fraction of sp³-hybridized carbons (Fsp3) is 0.500. The summed E-state index contributed by atoms with van der Waals surface area (Å²) in [6.07, 6.45) is 0.840. The number of aryl methyl sites for hydroxylation is 1. The van der Waals surface area contributed by atoms with Crippen LogP contribution >= 0.6 is 0 Å². The van der Waals surface area contributed by atoms with Crippen LogP contribution in [0.3, 0.4) is 0 Å². The SMILES string of the molecule is Cc1cccc(C(=O)NCC(C)(C)CCN)c1O. The number of carbonyl (C=O) groups excluding carboxylic acids is 1. The minimum atomic E-state index is -0.249. The van der Waals surface area contributed by atoms with Crippen molar-refractivity contribution in [2.45, 2.75) is 27.2 Å². The molecule has 0 atom stereocenters. The van der Waals surface area contributed by atoms with E-state index in [-0.39, 0.29) is 17.1 Å². The van der Waals surface area contributed by atoms with Gasteiger partial charge in [0, 0.05) is 6.54 Å². The van der Waals surface area contributed by atoms with Crippen molar-refractivity contribution in [3.63, 3.8) is 0 Å². The molecule has 0 aliphatic carbocycles. The number of hydrogen-bond donors (Lipinski definition) is 3. The Hall–Kier alpha value is -1.55. The molecule has 1 rings (SSSR count). The van der Waals surface area contributed by atoms with Gasteiger partial charge >= 0.3 is 0 Å². The zero-order valence-electron chi connectivity index (χ0n) is 11.3. The van der Waals surface area contributed by atoms with Gasteiger partial charge in [-0.05, 0) is 36.9 Å². The summed E-state index contributed by atoms with van der Waals surface area (Å²) in [6, 6.07) is 5.15. The lowest BCUT2D eigenvalue weighted by Gasteiger charge is -2.24. The highest BCUT2D eigenvalue weighted by Crippen LogP contribution is 2.22. The lowest BCUT2D eigenvalue weighted by Crippen LogP contribution is -2.35. The molecule has 0 unspecified atom stereocenters. The van der Waals surface area contributed by atoms with Crippen molar-refractivity contribution in [1.29, 1.82) is 0 Å². The van der Waals surface area contributed by atoms with Crippen molar-refractivity contribution in [2.75, 3.05) is 13.1 Å². The lowest BCUT2D eigenvalue weighted by molar-refractivity contribution is 0.0932. The number of rotatable bonds is 5. The summed E-state index contributed by atoms with van der Waals surface area (Å²) in [5, 5.41) is 12.7. The zero-order chi connectivity index (χ0) is 13.8. The smallest absolute Gasteiger partial charge is 0.255 e. The third kappa shape index (κ3) is 3.74. The molecule has 0 fully saturated rings. The number of phenolic OH excluding ortho intramolecular Hbond substituents is 1. The first-order chi connectivity index (χ1) is 8.37. The van der Waals surface area contributed by atoms with Crippen molar-refractivity contribution >= 4 is 5.91 Å². The summed E-state index contributed by atoms with van der Waals surface area (Å²) in [7, 11) is 0. The van der Waals surface area contributed by atoms with Gasteiger partial charge in [-0.1, -0.05) is 26.0 Å². The highest BCUT2D eigenvalue weighted by Gasteiger charge is 2.19. The molecule has 0 saturated carbocycles. The van der Waals surface area contributed by atoms with E-state index in [1.54, 1.807) is 25.1 Å². The summed E-state index contributed by atoms with van der Waals surface area (Å²) in [6.45, 7) is 7.01. The van der Waals surface area contributed by atoms with Gasteiger partial charge in [0.1, 0.15) is 5.75 Å². The van der Waals surface area contributed by atoms with Crippen molar-refractivity contribution in [1.82, 2.24) is 5.32 Å². The third-order valence-corrected chi connectivity index (χ3v) is 3.03. The van der Waals surface area contributed by atoms with Gasteiger partial charge in [-0.2, -0.15) is 0 Å². The molecule has 0 bridgehead atoms. The molecule has 4 nitrogen and oxygen atoms in total. The molecule has 1 amide bonds. The maximum Gasteiger partial charge on any atom is 0.255 e. The highest BCUT2D eigenvalue weighted by atomic mass is 16.3. The molecule has 0 radical (unpaired) electrons. The molecule has 1 aromatic carbocycles. The van der Waals surface area contributed by atoms with Crippen LogP contribution in [0.1, 0.15) is 36.2 Å². The molecule has 0 aromatic heterocycles. The molecular formula is C14H22N2O2. The largest absolute Gasteiger partial charge is 0.507 e. The van der Waals surface area contributed by atoms with Gasteiger partial charge in [0.25, 0.3) is 5.91 Å². The topological polar surface area (TPSA) is 75.4 Å². The van der Waals surface area contributed by atoms with E-state index in [2.05, 4.69) is 19.2 Å². The minimum Gasteiger partial charge on any atom is -0.507 e. The first-order valence-corrected chi connectivity index (χ1v) is 6.14. The Balaban J connectivity index is 2.69. The first kappa shape index (κ1) is 14.5. The molecule has 18 heavy (non-hydrogen) atoms. The molecular weight excluding hydrogens is 228 g/mol. The van der Waals surface area contributed by atoms with E-state index < -0.39 is 0 Å². The second kappa shape index (κ2) is 5.87. The Morgan fingerprint density at radius 2 is 2.11 bits per heavy atom. The second-order valence-electron chi connectivity index (χ2n) is 5.36. The minimum absolute atomic E-state index is 0.0378. The van der Waals surface area contributed by atoms with Crippen molar-refractivity contribution in [2.24, 2.45) is 11.1 Å². The van der Waals surface area contributed by atoms with Gasteiger partial charge in [0.05, 0.1) is 5.56 Å². The van der Waals surface area contributed by atoms with Gasteiger partial charge < -0.3 is 16.2 Å². The van der Waals surface area contributed by atoms with Crippen LogP contribution in [-0.4, -0.2) is 24.1 Å². The van der Waals surface area contributed by atoms with Gasteiger partial charge in [0.2, 0.25) is 0 Å². The van der Waals surface area contributed by atoms with Crippen molar-refractivity contribution in [3.8, 4) is 5.75 Å². The third-order valence-electron chi connectivity index (χ3n) is 3.03. The molecule has 0 spiro atoms. The van der Waals surface area contributed by atoms with E-state index in [0.29, 0.717) is 24.2 Å². The monoisotopic (exact) mass is 250 g/mol. The molecule has 100 valence electrons. The van der Waals surface area contributed by atoms with Crippen LogP contribution in [0.25, 0.3) is 0 Å². The number of nitrogens with one attached hydrogen (secondary N) is 1. The fourth-order valence-corrected chi connectivity index (χ4v) is 1.74. The van der Waals surface area contributed by atoms with E-state index in [0.717, 1.165) is 6.42 Å². The predicted octanol–water partition coefficient (Wildman–Crippen LogP) is 1.81. The summed E-state index contributed by atoms with van der Waals surface area (Å²) in [4.78, 5) is 12.0. The van der Waals surface area contributed by atoms with Crippen LogP contribution in [0.2, 0.25) is 0 Å². The van der Waals surface area contributed by atoms with Crippen LogP contribution in [0.15, 0.2) is 18.2 Å². The maximum atomic E-state index is 12.0. The molecule has 4 heteroatoms. The van der Waals surface area contributed by atoms with Gasteiger partial charge in [-0.15, -0.1) is 0 Å². The Labute approximate surface area is 108 Å². The Morgan fingerprint density at radius 3 is 2.72 bits per heavy atom. The standard InChI is InChI=1S/C14H22N2O2/c1-10-5-4-6-11(12(10)17)13(18)16-9-14(2,3)7-8-15/h4-6,17H,7-9,15H2,1-3H3,(H,16,18). The van der Waals surface area contributed by atoms with Crippen molar-refractivity contribution < 1.29 is 9.90 Å². The number of para-hydroxylation sites is 1. The summed E-state index contributed by atoms with van der Waals surface area (Å²) in [5.41, 5.74) is 6.50. The Morgan fingerprint density at radius 1 is 1.44 bits per heavy atom. The second-order valence-corrected chi connectivity index (χ2v) is 5.36. The van der Waals surface area contributed by atoms with E-state index >= 15 is 0 Å². The molecule has 0 aliphatic rings. The summed E-state index contributed by atoms with van der Waals surface area (Å²) in [5.74, 6) is -0.201. The molecule has 4 N–H and O–H groups in total. The van der Waals surface area contributed by atoms with E-state index in [1.165, 1.54) is 0 Å². The number of benzene rings is 1. The number of amides is 1. The fourth-order valence-electron chi connectivity index (χ4n) is 1.74. The highest BCUT2D eigenvalue weighted by molar-refractivity contribution is 5.97. The Kier molecular flexibility index (Phi) is 4.73. The number of carbonyl (C=O) groups is 1. The van der Waals surface area contributed by atoms with Crippen molar-refractivity contribution in [3.05, 3.63) is 29.3 Å². The molecule has 0 aliphatic heterocycles. The molecule has 0 saturated heterocycles. The predicted molar refractivity (Wildman–Crippen MR) is 72.6 cm³/mol. The van der Waals surface area contributed by atoms with Crippen LogP contribution < -0.4 is 11.1 Å². The summed E-state index contributed by atoms with van der Waals surface area (Å²) < 4.78 is 0. The Bertz CT molecular complexity index is 428. The quantitative estimate of drug-likeness (QED) is 0.746. The average molecular weight is 250 g/mol.